The molecule has 0 aromatic carbocycles. The molecule has 0 heterocycles. The summed E-state index contributed by atoms with van der Waals surface area (Å²) in [4.78, 5) is 0. The minimum Gasteiger partial charge on any atom is -0.103 e. The summed E-state index contributed by atoms with van der Waals surface area (Å²) >= 11 is 0. The van der Waals surface area contributed by atoms with Gasteiger partial charge in [0.1, 0.15) is 0 Å². The van der Waals surface area contributed by atoms with Crippen LogP contribution in [0.15, 0.2) is 24.8 Å². The topological polar surface area (TPSA) is 0 Å². The molecule has 0 heteroatoms. The highest BCUT2D eigenvalue weighted by Crippen LogP contribution is 2.33. The zero-order valence-corrected chi connectivity index (χ0v) is 15.2. The van der Waals surface area contributed by atoms with E-state index in [4.69, 9.17) is 0 Å². The maximum atomic E-state index is 3.84. The molecule has 0 N–H and O–H groups in total. The molecule has 0 saturated heterocycles. The summed E-state index contributed by atoms with van der Waals surface area (Å²) in [5.41, 5.74) is 0. The van der Waals surface area contributed by atoms with Crippen molar-refractivity contribution in [2.75, 3.05) is 0 Å². The van der Waals surface area contributed by atoms with Gasteiger partial charge in [0.15, 0.2) is 0 Å². The maximum Gasteiger partial charge on any atom is 0.0203 e. The molecule has 0 radical (unpaired) electrons. The van der Waals surface area contributed by atoms with Gasteiger partial charge in [0.25, 0.3) is 0 Å². The molecule has 0 amide bonds. The lowest BCUT2D eigenvalue weighted by molar-refractivity contribution is 0.297. The molecule has 2 aliphatic carbocycles. The molecule has 0 aromatic rings. The Balaban J connectivity index is 1.63. The summed E-state index contributed by atoms with van der Waals surface area (Å²) < 4.78 is 0. The van der Waals surface area contributed by atoms with Crippen molar-refractivity contribution in [1.82, 2.24) is 0 Å². The van der Waals surface area contributed by atoms with Crippen molar-refractivity contribution in [3.05, 3.63) is 24.8 Å². The van der Waals surface area contributed by atoms with Crippen LogP contribution in [-0.4, -0.2) is 0 Å². The minimum atomic E-state index is 0.697. The molecular weight excluding hydrogens is 276 g/mol. The minimum absolute atomic E-state index is 0.697. The quantitative estimate of drug-likeness (QED) is 0.368. The van der Waals surface area contributed by atoms with Gasteiger partial charge in [0.05, 0.1) is 0 Å². The van der Waals surface area contributed by atoms with Crippen molar-refractivity contribution >= 4 is 0 Å². The van der Waals surface area contributed by atoms with Crippen molar-refractivity contribution in [1.29, 1.82) is 0 Å². The van der Waals surface area contributed by atoms with Crippen molar-refractivity contribution in [3.8, 4) is 11.8 Å². The Bertz CT molecular complexity index is 403. The molecule has 2 rings (SSSR count). The van der Waals surface area contributed by atoms with E-state index in [2.05, 4.69) is 43.6 Å². The normalized spacial score (nSPS) is 31.5. The third-order valence-corrected chi connectivity index (χ3v) is 5.94. The van der Waals surface area contributed by atoms with Gasteiger partial charge in [-0.25, -0.2) is 0 Å². The van der Waals surface area contributed by atoms with E-state index in [1.807, 2.05) is 0 Å². The Hall–Kier alpha value is -0.960. The molecule has 2 saturated carbocycles. The van der Waals surface area contributed by atoms with Crippen LogP contribution in [0, 0.1) is 35.5 Å². The van der Waals surface area contributed by atoms with Gasteiger partial charge in [-0.3, -0.25) is 0 Å². The fraction of sp³-hybridized carbons (Fsp3) is 0.739. The molecule has 0 bridgehead atoms. The SMILES string of the molecule is C=CCCC1CCC(C#CC2CCC(CC/C=C/C)CC2)CC1. The highest BCUT2D eigenvalue weighted by Gasteiger charge is 2.21. The van der Waals surface area contributed by atoms with Crippen LogP contribution in [0.3, 0.4) is 0 Å². The van der Waals surface area contributed by atoms with Gasteiger partial charge in [0.2, 0.25) is 0 Å². The Kier molecular flexibility index (Phi) is 8.59. The summed E-state index contributed by atoms with van der Waals surface area (Å²) in [5, 5.41) is 0. The lowest BCUT2D eigenvalue weighted by Gasteiger charge is -2.27. The van der Waals surface area contributed by atoms with Gasteiger partial charge in [0, 0.05) is 11.8 Å². The third-order valence-electron chi connectivity index (χ3n) is 5.94. The second-order valence-electron chi connectivity index (χ2n) is 7.74. The molecule has 0 unspecified atom stereocenters. The van der Waals surface area contributed by atoms with E-state index >= 15 is 0 Å². The van der Waals surface area contributed by atoms with Gasteiger partial charge in [-0.2, -0.15) is 0 Å². The predicted octanol–water partition coefficient (Wildman–Crippen LogP) is 6.93. The average Bonchev–Trinajstić information content (AvgIpc) is 2.60. The van der Waals surface area contributed by atoms with Crippen LogP contribution in [0.4, 0.5) is 0 Å². The lowest BCUT2D eigenvalue weighted by atomic mass is 9.78. The van der Waals surface area contributed by atoms with Crippen LogP contribution in [0.1, 0.15) is 84.0 Å². The fourth-order valence-corrected chi connectivity index (χ4v) is 4.28. The molecule has 0 nitrogen and oxygen atoms in total. The first-order valence-corrected chi connectivity index (χ1v) is 10.0. The van der Waals surface area contributed by atoms with E-state index in [1.54, 1.807) is 0 Å². The Labute approximate surface area is 144 Å². The number of allylic oxidation sites excluding steroid dienone is 3. The zero-order valence-electron chi connectivity index (χ0n) is 15.2. The maximum absolute atomic E-state index is 3.84. The first-order valence-electron chi connectivity index (χ1n) is 10.0. The van der Waals surface area contributed by atoms with Crippen molar-refractivity contribution in [3.63, 3.8) is 0 Å². The molecule has 0 aliphatic heterocycles. The molecule has 128 valence electrons. The van der Waals surface area contributed by atoms with Crippen molar-refractivity contribution in [2.45, 2.75) is 84.0 Å². The second kappa shape index (κ2) is 10.7. The molecular formula is C23H36. The molecule has 23 heavy (non-hydrogen) atoms. The fourth-order valence-electron chi connectivity index (χ4n) is 4.28. The summed E-state index contributed by atoms with van der Waals surface area (Å²) in [5.74, 6) is 10.6. The summed E-state index contributed by atoms with van der Waals surface area (Å²) in [6, 6.07) is 0. The number of hydrogen-bond donors (Lipinski definition) is 0. The Morgan fingerprint density at radius 1 is 0.783 bits per heavy atom. The van der Waals surface area contributed by atoms with E-state index in [9.17, 15) is 0 Å². The molecule has 2 aliphatic rings. The Morgan fingerprint density at radius 2 is 1.26 bits per heavy atom. The van der Waals surface area contributed by atoms with Gasteiger partial charge in [-0.05, 0) is 95.8 Å². The number of hydrogen-bond acceptors (Lipinski definition) is 0. The molecule has 0 aromatic heterocycles. The molecule has 0 atom stereocenters. The third kappa shape index (κ3) is 6.99. The lowest BCUT2D eigenvalue weighted by Crippen LogP contribution is -2.15. The smallest absolute Gasteiger partial charge is 0.0203 e. The van der Waals surface area contributed by atoms with Gasteiger partial charge in [-0.15, -0.1) is 6.58 Å². The molecule has 2 fully saturated rings. The van der Waals surface area contributed by atoms with Crippen LogP contribution in [0.25, 0.3) is 0 Å². The standard InChI is InChI=1S/C23H36/c1-3-5-7-9-21-12-16-23(17-13-21)19-18-22-14-10-20(11-15-22)8-6-4-2/h3-5,20-23H,2,6-17H2,1H3/b5-3+. The van der Waals surface area contributed by atoms with Gasteiger partial charge in [-0.1, -0.05) is 30.1 Å². The van der Waals surface area contributed by atoms with Crippen molar-refractivity contribution in [2.24, 2.45) is 23.7 Å². The van der Waals surface area contributed by atoms with Gasteiger partial charge >= 0.3 is 0 Å². The summed E-state index contributed by atoms with van der Waals surface area (Å²) in [6.45, 7) is 5.97. The van der Waals surface area contributed by atoms with Crippen LogP contribution >= 0.6 is 0 Å². The van der Waals surface area contributed by atoms with Crippen LogP contribution in [-0.2, 0) is 0 Å². The van der Waals surface area contributed by atoms with E-state index in [-0.39, 0.29) is 0 Å². The second-order valence-corrected chi connectivity index (χ2v) is 7.74. The number of rotatable bonds is 6. The monoisotopic (exact) mass is 312 g/mol. The zero-order chi connectivity index (χ0) is 16.3. The average molecular weight is 313 g/mol. The summed E-state index contributed by atoms with van der Waals surface area (Å²) in [7, 11) is 0. The van der Waals surface area contributed by atoms with E-state index in [0.29, 0.717) is 11.8 Å². The first kappa shape index (κ1) is 18.4. The summed E-state index contributed by atoms with van der Waals surface area (Å²) in [6.07, 6.45) is 22.8. The van der Waals surface area contributed by atoms with E-state index in [1.165, 1.54) is 77.0 Å². The Morgan fingerprint density at radius 3 is 1.70 bits per heavy atom. The van der Waals surface area contributed by atoms with Crippen molar-refractivity contribution < 1.29 is 0 Å². The highest BCUT2D eigenvalue weighted by molar-refractivity contribution is 5.09. The molecule has 0 spiro atoms. The van der Waals surface area contributed by atoms with E-state index < -0.39 is 0 Å². The van der Waals surface area contributed by atoms with E-state index in [0.717, 1.165) is 11.8 Å². The van der Waals surface area contributed by atoms with Crippen LogP contribution in [0.2, 0.25) is 0 Å². The highest BCUT2D eigenvalue weighted by atomic mass is 14.3. The van der Waals surface area contributed by atoms with Crippen LogP contribution in [0.5, 0.6) is 0 Å². The first-order chi connectivity index (χ1) is 11.3. The van der Waals surface area contributed by atoms with Gasteiger partial charge < -0.3 is 0 Å². The largest absolute Gasteiger partial charge is 0.103 e. The predicted molar refractivity (Wildman–Crippen MR) is 102 cm³/mol. The van der Waals surface area contributed by atoms with Crippen LogP contribution < -0.4 is 0 Å².